The van der Waals surface area contributed by atoms with Crippen LogP contribution in [0.5, 0.6) is 0 Å². The Morgan fingerprint density at radius 1 is 1.90 bits per heavy atom. The molecule has 56 valence electrons. The molecule has 4 heteroatoms. The molecule has 1 atom stereocenters. The molecule has 0 aliphatic carbocycles. The smallest absolute Gasteiger partial charge is 0.348 e. The molecular formula is C6H8O4. The zero-order valence-electron chi connectivity index (χ0n) is 5.53. The highest BCUT2D eigenvalue weighted by Gasteiger charge is 2.27. The second-order valence-corrected chi connectivity index (χ2v) is 1.86. The lowest BCUT2D eigenvalue weighted by Gasteiger charge is -1.98. The normalized spacial score (nSPS) is 27.7. The van der Waals surface area contributed by atoms with Gasteiger partial charge in [0.05, 0.1) is 0 Å². The van der Waals surface area contributed by atoms with Gasteiger partial charge < -0.3 is 14.6 Å². The summed E-state index contributed by atoms with van der Waals surface area (Å²) in [6.07, 6.45) is 0.759. The first kappa shape index (κ1) is 6.92. The van der Waals surface area contributed by atoms with Crippen LogP contribution in [0.3, 0.4) is 0 Å². The summed E-state index contributed by atoms with van der Waals surface area (Å²) in [6.45, 7) is 1.83. The molecule has 1 aliphatic heterocycles. The molecule has 10 heavy (non-hydrogen) atoms. The van der Waals surface area contributed by atoms with Crippen molar-refractivity contribution in [3.8, 4) is 0 Å². The zero-order valence-corrected chi connectivity index (χ0v) is 5.53. The van der Waals surface area contributed by atoms with E-state index in [1.165, 1.54) is 0 Å². The monoisotopic (exact) mass is 144 g/mol. The summed E-state index contributed by atoms with van der Waals surface area (Å²) in [7, 11) is 0. The number of allylic oxidation sites excluding steroid dienone is 1. The number of carbonyl (C=O) groups is 1. The number of rotatable bonds is 1. The lowest BCUT2D eigenvalue weighted by molar-refractivity contribution is -0.145. The predicted octanol–water partition coefficient (Wildman–Crippen LogP) is 0.348. The highest BCUT2D eigenvalue weighted by atomic mass is 16.7. The van der Waals surface area contributed by atoms with E-state index in [0.717, 1.165) is 0 Å². The van der Waals surface area contributed by atoms with Crippen LogP contribution in [0.2, 0.25) is 0 Å². The van der Waals surface area contributed by atoms with Gasteiger partial charge in [-0.1, -0.05) is 0 Å². The van der Waals surface area contributed by atoms with Gasteiger partial charge in [0.25, 0.3) is 5.95 Å². The van der Waals surface area contributed by atoms with Crippen LogP contribution in [0, 0.1) is 0 Å². The Hall–Kier alpha value is -1.19. The van der Waals surface area contributed by atoms with Gasteiger partial charge in [0, 0.05) is 0 Å². The van der Waals surface area contributed by atoms with Gasteiger partial charge in [-0.3, -0.25) is 0 Å². The summed E-state index contributed by atoms with van der Waals surface area (Å²) in [5.74, 6) is -0.691. The van der Waals surface area contributed by atoms with E-state index in [1.54, 1.807) is 13.0 Å². The number of ether oxygens (including phenoxy) is 2. The van der Waals surface area contributed by atoms with E-state index in [1.807, 2.05) is 0 Å². The Kier molecular flexibility index (Phi) is 1.80. The number of hydrogen-bond acceptors (Lipinski definition) is 3. The van der Waals surface area contributed by atoms with E-state index < -0.39 is 12.1 Å². The fourth-order valence-electron chi connectivity index (χ4n) is 0.639. The fourth-order valence-corrected chi connectivity index (χ4v) is 0.639. The van der Waals surface area contributed by atoms with Crippen LogP contribution in [0.4, 0.5) is 0 Å². The number of aliphatic carboxylic acids is 1. The van der Waals surface area contributed by atoms with E-state index in [0.29, 0.717) is 5.95 Å². The first-order valence-corrected chi connectivity index (χ1v) is 2.92. The van der Waals surface area contributed by atoms with Gasteiger partial charge in [0.1, 0.15) is 6.61 Å². The van der Waals surface area contributed by atoms with Gasteiger partial charge in [0.15, 0.2) is 0 Å². The summed E-state index contributed by atoms with van der Waals surface area (Å²) in [6, 6.07) is 0. The van der Waals surface area contributed by atoms with Crippen molar-refractivity contribution in [2.45, 2.75) is 13.0 Å². The van der Waals surface area contributed by atoms with Gasteiger partial charge in [-0.2, -0.15) is 0 Å². The van der Waals surface area contributed by atoms with E-state index in [2.05, 4.69) is 0 Å². The first-order valence-electron chi connectivity index (χ1n) is 2.92. The lowest BCUT2D eigenvalue weighted by Crippen LogP contribution is -2.21. The average Bonchev–Trinajstić information content (AvgIpc) is 2.34. The van der Waals surface area contributed by atoms with Crippen LogP contribution >= 0.6 is 0 Å². The molecule has 0 radical (unpaired) electrons. The summed E-state index contributed by atoms with van der Waals surface area (Å²) in [5.41, 5.74) is 0. The Balaban J connectivity index is 2.51. The summed E-state index contributed by atoms with van der Waals surface area (Å²) < 4.78 is 9.65. The number of carboxylic acids is 1. The Morgan fingerprint density at radius 2 is 2.60 bits per heavy atom. The van der Waals surface area contributed by atoms with Crippen molar-refractivity contribution < 1.29 is 19.4 Å². The first-order chi connectivity index (χ1) is 4.74. The Labute approximate surface area is 58.1 Å². The second-order valence-electron chi connectivity index (χ2n) is 1.86. The van der Waals surface area contributed by atoms with E-state index in [9.17, 15) is 4.79 Å². The van der Waals surface area contributed by atoms with E-state index in [4.69, 9.17) is 14.6 Å². The molecule has 0 aromatic rings. The van der Waals surface area contributed by atoms with Gasteiger partial charge >= 0.3 is 5.97 Å². The molecule has 0 aromatic heterocycles. The van der Waals surface area contributed by atoms with Crippen molar-refractivity contribution in [1.29, 1.82) is 0 Å². The fraction of sp³-hybridized carbons (Fsp3) is 0.500. The van der Waals surface area contributed by atoms with Crippen molar-refractivity contribution in [2.24, 2.45) is 0 Å². The predicted molar refractivity (Wildman–Crippen MR) is 32.2 cm³/mol. The van der Waals surface area contributed by atoms with Crippen molar-refractivity contribution >= 4 is 5.97 Å². The molecule has 0 bridgehead atoms. The van der Waals surface area contributed by atoms with E-state index in [-0.39, 0.29) is 6.61 Å². The third kappa shape index (κ3) is 1.21. The van der Waals surface area contributed by atoms with Crippen LogP contribution in [0.1, 0.15) is 6.92 Å². The van der Waals surface area contributed by atoms with Crippen LogP contribution in [-0.2, 0) is 14.3 Å². The molecule has 0 saturated carbocycles. The van der Waals surface area contributed by atoms with Crippen molar-refractivity contribution in [2.75, 3.05) is 6.61 Å². The van der Waals surface area contributed by atoms with Crippen LogP contribution < -0.4 is 0 Å². The minimum Gasteiger partial charge on any atom is -0.478 e. The molecule has 1 N–H and O–H groups in total. The van der Waals surface area contributed by atoms with Gasteiger partial charge in [-0.15, -0.1) is 0 Å². The number of hydrogen-bond donors (Lipinski definition) is 1. The third-order valence-corrected chi connectivity index (χ3v) is 1.15. The third-order valence-electron chi connectivity index (χ3n) is 1.15. The van der Waals surface area contributed by atoms with Crippen LogP contribution in [-0.4, -0.2) is 23.8 Å². The molecule has 1 aliphatic rings. The molecule has 4 nitrogen and oxygen atoms in total. The highest BCUT2D eigenvalue weighted by Crippen LogP contribution is 2.14. The Morgan fingerprint density at radius 3 is 2.90 bits per heavy atom. The molecule has 1 unspecified atom stereocenters. The molecule has 0 spiro atoms. The van der Waals surface area contributed by atoms with E-state index >= 15 is 0 Å². The van der Waals surface area contributed by atoms with Crippen LogP contribution in [0.25, 0.3) is 0 Å². The van der Waals surface area contributed by atoms with Gasteiger partial charge in [0.2, 0.25) is 6.10 Å². The minimum atomic E-state index is -0.989. The number of carboxylic acid groups (broad SMARTS) is 1. The molecule has 0 amide bonds. The summed E-state index contributed by atoms with van der Waals surface area (Å²) in [5, 5.41) is 8.39. The maximum Gasteiger partial charge on any atom is 0.348 e. The molecule has 0 aromatic carbocycles. The highest BCUT2D eigenvalue weighted by molar-refractivity contribution is 5.72. The quantitative estimate of drug-likeness (QED) is 0.576. The van der Waals surface area contributed by atoms with Gasteiger partial charge in [-0.05, 0) is 13.0 Å². The summed E-state index contributed by atoms with van der Waals surface area (Å²) >= 11 is 0. The molecule has 1 heterocycles. The molecule has 1 fully saturated rings. The Bertz CT molecular complexity index is 173. The van der Waals surface area contributed by atoms with Crippen molar-refractivity contribution in [1.82, 2.24) is 0 Å². The second kappa shape index (κ2) is 2.60. The molecule has 1 rings (SSSR count). The van der Waals surface area contributed by atoms with Gasteiger partial charge in [-0.25, -0.2) is 4.79 Å². The molecular weight excluding hydrogens is 136 g/mol. The zero-order chi connectivity index (χ0) is 7.56. The standard InChI is InChI=1S/C6H8O4/c1-2-5-9-3-4(10-5)6(7)8/h2,4H,3H2,1H3,(H,7,8). The maximum atomic E-state index is 10.2. The SMILES string of the molecule is CC=C1OCC(C(=O)O)O1. The lowest BCUT2D eigenvalue weighted by atomic mass is 10.4. The topological polar surface area (TPSA) is 55.8 Å². The minimum absolute atomic E-state index is 0.106. The summed E-state index contributed by atoms with van der Waals surface area (Å²) in [4.78, 5) is 10.2. The maximum absolute atomic E-state index is 10.2. The largest absolute Gasteiger partial charge is 0.478 e. The van der Waals surface area contributed by atoms with Crippen molar-refractivity contribution in [3.05, 3.63) is 12.0 Å². The average molecular weight is 144 g/mol. The van der Waals surface area contributed by atoms with Crippen LogP contribution in [0.15, 0.2) is 12.0 Å². The van der Waals surface area contributed by atoms with Crippen molar-refractivity contribution in [3.63, 3.8) is 0 Å². The molecule has 1 saturated heterocycles.